The van der Waals surface area contributed by atoms with E-state index in [1.54, 1.807) is 62.3 Å². The molecule has 0 saturated carbocycles. The molecule has 12 N–H and O–H groups in total. The van der Waals surface area contributed by atoms with Crippen LogP contribution in [0.5, 0.6) is 0 Å². The molecule has 0 spiro atoms. The molecule has 772 valence electrons. The number of nitrogens with zero attached hydrogens (tertiary/aromatic N) is 12. The highest BCUT2D eigenvalue weighted by atomic mass is 35.5. The van der Waals surface area contributed by atoms with Crippen molar-refractivity contribution in [3.8, 4) is 11.1 Å². The van der Waals surface area contributed by atoms with E-state index >= 15 is 0 Å². The normalized spacial score (nSPS) is 18.0. The number of unbranched alkanes of at least 4 members (excludes halogenated alkanes) is 3. The van der Waals surface area contributed by atoms with Crippen LogP contribution in [0.15, 0.2) is 364 Å². The first-order chi connectivity index (χ1) is 71.9. The molecule has 0 radical (unpaired) electrons. The average molecular weight is 2040 g/mol. The van der Waals surface area contributed by atoms with Crippen LogP contribution in [0.25, 0.3) is 11.1 Å². The smallest absolute Gasteiger partial charge is 0.266 e. The number of carbonyl (C=O) groups is 7. The van der Waals surface area contributed by atoms with E-state index < -0.39 is 37.5 Å². The van der Waals surface area contributed by atoms with Gasteiger partial charge >= 0.3 is 0 Å². The molecule has 6 aliphatic heterocycles. The molecule has 6 aliphatic rings. The lowest BCUT2D eigenvalue weighted by atomic mass is 9.75. The Labute approximate surface area is 878 Å². The summed E-state index contributed by atoms with van der Waals surface area (Å²) in [5.41, 5.74) is 37.5. The predicted octanol–water partition coefficient (Wildman–Crippen LogP) is 17.0. The van der Waals surface area contributed by atoms with Crippen LogP contribution in [0, 0.1) is 11.8 Å². The van der Waals surface area contributed by atoms with E-state index in [-0.39, 0.29) is 90.6 Å². The zero-order chi connectivity index (χ0) is 106. The Bertz CT molecular complexity index is 6770. The second-order valence-corrected chi connectivity index (χ2v) is 41.2. The fourth-order valence-corrected chi connectivity index (χ4v) is 21.4. The van der Waals surface area contributed by atoms with Crippen LogP contribution in [0.2, 0.25) is 5.02 Å². The number of aliphatic imine (C=N–C) groups is 5. The molecule has 18 rings (SSSR count). The van der Waals surface area contributed by atoms with Gasteiger partial charge in [-0.1, -0.05) is 319 Å². The number of Topliss-reactive ketones (excluding diaryl/α,β-unsaturated/α-hetero) is 1. The number of benzene rings is 11. The molecular weight excluding hydrogens is 1910 g/mol. The summed E-state index contributed by atoms with van der Waals surface area (Å²) in [6, 6.07) is 100. The standard InChI is InChI=1S/C30H33N3O2.C27H28N4O2.C26H26ClN3O3S.C19H29N5O.C17H17N3O2/c31-29-32-30(25-17-7-2-8-18-25,26-19-9-3-10-20-26)28(35)33(29)23-12-4-11-21-27(34)22-13-16-24-14-5-1-6-15-24;1-19(2)17-24(32)29-23-15-13-20(14-16-23)18-31-25(33)27(30-26(31)28,21-9-5-3-6-10-21)22-11-7-4-8-12-22;1-26(24(31)30(2)25(28)29-26)20-10-6-8-19(16-20)23-17-21(27)14-13-18(23)9-7-15-34(32,33)22-11-4-3-5-12-22;1-3-4-9-19(17(25)23(2)18(20)22-19)16-6-5-12-24(14-16)13-15-7-10-21-11-8-15;18-16-19-17(13-7-3-1-4-8-13,14-9-5-2-6-10-14)15(22)20(16)11-12-21/h1-3,5-10,14-15,17-20H,4,11-13,16,21-23H2,(H2,31,32);3-16,19H,17-18H2,1-2H3,(H2,28,30)(H,29,32);3-6,8,10-14,16-17H,7,9,15H2,1-2H3,(H2,28,29);7-8,10-11,16H,3-6,9,12-14H2,1-2H3,(H2,20,22);1-10,21H,11-12H2,(H2,18,19)/t;;;16-,19-;/m...1./s1. The quantitative estimate of drug-likeness (QED) is 0.0179. The Balaban J connectivity index is 0.000000148. The van der Waals surface area contributed by atoms with Crippen LogP contribution >= 0.6 is 11.6 Å². The summed E-state index contributed by atoms with van der Waals surface area (Å²) in [5, 5.41) is 12.6. The number of hydrogen-bond donors (Lipinski definition) is 7. The highest BCUT2D eigenvalue weighted by Crippen LogP contribution is 2.46. The van der Waals surface area contributed by atoms with E-state index in [1.165, 1.54) is 30.7 Å². The van der Waals surface area contributed by atoms with Gasteiger partial charge in [-0.3, -0.25) is 67.9 Å². The summed E-state index contributed by atoms with van der Waals surface area (Å²) in [7, 11) is -0.00488. The van der Waals surface area contributed by atoms with Crippen LogP contribution in [-0.2, 0) is 91.5 Å². The molecule has 149 heavy (non-hydrogen) atoms. The number of nitrogens with two attached hydrogens (primary N) is 5. The van der Waals surface area contributed by atoms with Gasteiger partial charge in [0.1, 0.15) is 11.3 Å². The van der Waals surface area contributed by atoms with E-state index in [0.29, 0.717) is 66.2 Å². The summed E-state index contributed by atoms with van der Waals surface area (Å²) >= 11 is 6.31. The second kappa shape index (κ2) is 50.3. The lowest BCUT2D eigenvalue weighted by Crippen LogP contribution is -2.52. The topological polar surface area (TPSA) is 410 Å². The number of aromatic nitrogens is 1. The number of aliphatic hydroxyl groups excluding tert-OH is 1. The van der Waals surface area contributed by atoms with E-state index in [2.05, 4.69) is 56.4 Å². The van der Waals surface area contributed by atoms with Gasteiger partial charge in [0.05, 0.1) is 30.3 Å². The van der Waals surface area contributed by atoms with Crippen LogP contribution < -0.4 is 34.0 Å². The number of β-amino-alcohol motifs (C(OH)–C–C–N with tert-alkyl or cyclic N) is 1. The fraction of sp³-hybridized carbons (Fsp3) is 0.303. The molecule has 28 nitrogen and oxygen atoms in total. The van der Waals surface area contributed by atoms with Crippen molar-refractivity contribution in [3.05, 3.63) is 400 Å². The number of amides is 6. The fourth-order valence-electron chi connectivity index (χ4n) is 19.9. The minimum Gasteiger partial charge on any atom is -0.395 e. The van der Waals surface area contributed by atoms with Crippen molar-refractivity contribution in [2.24, 2.45) is 65.5 Å². The first kappa shape index (κ1) is 109. The predicted molar refractivity (Wildman–Crippen MR) is 589 cm³/mol. The van der Waals surface area contributed by atoms with Crippen molar-refractivity contribution in [1.82, 2.24) is 34.4 Å². The van der Waals surface area contributed by atoms with Crippen molar-refractivity contribution in [2.45, 2.75) is 170 Å². The van der Waals surface area contributed by atoms with Gasteiger partial charge in [-0.05, 0) is 204 Å². The number of piperidine rings is 1. The summed E-state index contributed by atoms with van der Waals surface area (Å²) < 4.78 is 25.3. The largest absolute Gasteiger partial charge is 0.395 e. The van der Waals surface area contributed by atoms with Gasteiger partial charge in [0.2, 0.25) is 5.91 Å². The first-order valence-electron chi connectivity index (χ1n) is 50.8. The van der Waals surface area contributed by atoms with Gasteiger partial charge in [0.15, 0.2) is 61.8 Å². The number of carbonyl (C=O) groups excluding carboxylic acids is 7. The molecule has 1 fully saturated rings. The van der Waals surface area contributed by atoms with Crippen molar-refractivity contribution in [1.29, 1.82) is 0 Å². The summed E-state index contributed by atoms with van der Waals surface area (Å²) in [6.45, 7) is 11.5. The van der Waals surface area contributed by atoms with Gasteiger partial charge in [-0.25, -0.2) is 33.4 Å². The molecule has 7 heterocycles. The number of pyridine rings is 1. The Morgan fingerprint density at radius 1 is 0.463 bits per heavy atom. The molecular formula is C119H133ClN18O10S. The Hall–Kier alpha value is -15.4. The molecule has 0 aliphatic carbocycles. The number of rotatable bonds is 36. The summed E-state index contributed by atoms with van der Waals surface area (Å²) in [5.74, 6) is 1.31. The lowest BCUT2D eigenvalue weighted by molar-refractivity contribution is -0.133. The Morgan fingerprint density at radius 3 is 1.41 bits per heavy atom. The number of nitrogens with one attached hydrogen (secondary N) is 1. The molecule has 1 unspecified atom stereocenters. The van der Waals surface area contributed by atoms with Crippen LogP contribution in [0.3, 0.4) is 0 Å². The molecule has 30 heteroatoms. The van der Waals surface area contributed by atoms with Gasteiger partial charge in [-0.15, -0.1) is 0 Å². The second-order valence-electron chi connectivity index (χ2n) is 38.6. The number of guanidine groups is 5. The Kier molecular flexibility index (Phi) is 36.9. The molecule has 11 aromatic carbocycles. The van der Waals surface area contributed by atoms with Crippen LogP contribution in [0.4, 0.5) is 5.69 Å². The zero-order valence-corrected chi connectivity index (χ0v) is 86.9. The molecule has 0 bridgehead atoms. The molecule has 12 aromatic rings. The maximum absolute atomic E-state index is 13.8. The summed E-state index contributed by atoms with van der Waals surface area (Å²) in [4.78, 5) is 128. The van der Waals surface area contributed by atoms with E-state index in [9.17, 15) is 42.0 Å². The first-order valence-corrected chi connectivity index (χ1v) is 52.9. The highest BCUT2D eigenvalue weighted by Gasteiger charge is 2.55. The number of aryl methyl sites for hydroxylation is 2. The Morgan fingerprint density at radius 2 is 0.926 bits per heavy atom. The number of halogens is 1. The van der Waals surface area contributed by atoms with Crippen LogP contribution in [0.1, 0.15) is 172 Å². The van der Waals surface area contributed by atoms with Gasteiger partial charge in [0.25, 0.3) is 29.5 Å². The van der Waals surface area contributed by atoms with E-state index in [4.69, 9.17) is 60.4 Å². The lowest BCUT2D eigenvalue weighted by Gasteiger charge is -2.40. The zero-order valence-electron chi connectivity index (χ0n) is 85.3. The number of hydrogen-bond acceptors (Lipinski definition) is 22. The maximum Gasteiger partial charge on any atom is 0.266 e. The maximum atomic E-state index is 13.8. The van der Waals surface area contributed by atoms with Gasteiger partial charge in [-0.2, -0.15) is 0 Å². The van der Waals surface area contributed by atoms with Crippen LogP contribution in [-0.4, -0.2) is 177 Å². The number of ketones is 1. The van der Waals surface area contributed by atoms with E-state index in [1.807, 2.05) is 287 Å². The third-order valence-corrected chi connectivity index (χ3v) is 29.9. The van der Waals surface area contributed by atoms with Crippen molar-refractivity contribution in [2.75, 3.05) is 58.0 Å². The van der Waals surface area contributed by atoms with E-state index in [0.717, 1.165) is 151 Å². The molecule has 1 saturated heterocycles. The number of anilines is 1. The highest BCUT2D eigenvalue weighted by molar-refractivity contribution is 7.91. The number of likely N-dealkylation sites (tertiary alicyclic amines) is 1. The molecule has 1 aromatic heterocycles. The van der Waals surface area contributed by atoms with Gasteiger partial charge < -0.3 is 39.1 Å². The van der Waals surface area contributed by atoms with Crippen molar-refractivity contribution in [3.63, 3.8) is 0 Å². The number of aliphatic hydroxyl groups is 1. The number of sulfone groups is 1. The average Bonchev–Trinajstić information content (AvgIpc) is 1.59. The monoisotopic (exact) mass is 2040 g/mol. The number of likely N-dealkylation sites (N-methyl/N-ethyl adjacent to an activating group) is 2. The van der Waals surface area contributed by atoms with Crippen molar-refractivity contribution < 1.29 is 47.1 Å². The molecule has 6 amide bonds. The van der Waals surface area contributed by atoms with Gasteiger partial charge in [0, 0.05) is 82.0 Å². The SMILES string of the molecule is CC(C)CC(=O)Nc1ccc(CN2C(=O)C(c3ccccc3)(c3ccccc3)N=C2N)cc1.CCCC[C@]1([C@@H]2CCCN(Cc3ccncc3)C2)N=C(N)N(C)C1=O.CN1C(=O)C(C)(c2cccc(-c3cc(Cl)ccc3CCCS(=O)(=O)c3ccccc3)c2)N=C1N.NC1=NC(c2ccccc2)(c2ccccc2)C(=O)N1CCCCCC(=O)CCCc1ccccc1.NC1=NC(c2ccccc2)(c2ccccc2)C(=O)N1CCO. The minimum atomic E-state index is -3.35. The minimum absolute atomic E-state index is 0.0145. The third kappa shape index (κ3) is 25.5. The summed E-state index contributed by atoms with van der Waals surface area (Å²) in [6.07, 6.45) is 15.6. The van der Waals surface area contributed by atoms with Crippen molar-refractivity contribution >= 4 is 98.1 Å². The molecule has 3 atom stereocenters. The third-order valence-electron chi connectivity index (χ3n) is 27.8.